The molecular formula is C10H17NO3. The zero-order valence-corrected chi connectivity index (χ0v) is 8.28. The van der Waals surface area contributed by atoms with Crippen LogP contribution in [0.3, 0.4) is 0 Å². The van der Waals surface area contributed by atoms with E-state index in [-0.39, 0.29) is 12.3 Å². The van der Waals surface area contributed by atoms with Gasteiger partial charge in [0.15, 0.2) is 0 Å². The number of carboxylic acid groups (broad SMARTS) is 1. The highest BCUT2D eigenvalue weighted by molar-refractivity contribution is 5.68. The van der Waals surface area contributed by atoms with E-state index in [2.05, 4.69) is 4.90 Å². The molecule has 2 bridgehead atoms. The van der Waals surface area contributed by atoms with E-state index in [9.17, 15) is 9.90 Å². The van der Waals surface area contributed by atoms with E-state index in [0.29, 0.717) is 6.42 Å². The molecule has 0 aromatic carbocycles. The van der Waals surface area contributed by atoms with E-state index in [1.165, 1.54) is 0 Å². The van der Waals surface area contributed by atoms with Crippen LogP contribution < -0.4 is 0 Å². The first-order valence-corrected chi connectivity index (χ1v) is 5.27. The summed E-state index contributed by atoms with van der Waals surface area (Å²) in [5.41, 5.74) is -0.947. The second-order valence-corrected chi connectivity index (χ2v) is 4.56. The zero-order valence-electron chi connectivity index (χ0n) is 8.28. The molecule has 2 rings (SSSR count). The number of carboxylic acids is 1. The van der Waals surface area contributed by atoms with E-state index in [0.717, 1.165) is 32.5 Å². The Kier molecular flexibility index (Phi) is 2.49. The van der Waals surface area contributed by atoms with Gasteiger partial charge in [0, 0.05) is 12.5 Å². The van der Waals surface area contributed by atoms with Gasteiger partial charge in [0.25, 0.3) is 0 Å². The Morgan fingerprint density at radius 1 is 1.50 bits per heavy atom. The van der Waals surface area contributed by atoms with Crippen LogP contribution in [-0.2, 0) is 4.79 Å². The predicted octanol–water partition coefficient (Wildman–Crippen LogP) is 0.308. The van der Waals surface area contributed by atoms with E-state index >= 15 is 0 Å². The molecule has 0 aliphatic carbocycles. The molecule has 0 aromatic heterocycles. The molecule has 0 saturated carbocycles. The third-order valence-corrected chi connectivity index (χ3v) is 3.57. The fourth-order valence-corrected chi connectivity index (χ4v) is 2.78. The summed E-state index contributed by atoms with van der Waals surface area (Å²) in [6.07, 6.45) is 2.41. The van der Waals surface area contributed by atoms with Crippen LogP contribution in [-0.4, -0.2) is 46.3 Å². The molecule has 2 saturated heterocycles. The fourth-order valence-electron chi connectivity index (χ4n) is 2.78. The summed E-state index contributed by atoms with van der Waals surface area (Å²) in [5.74, 6) is -0.714. The predicted molar refractivity (Wildman–Crippen MR) is 51.0 cm³/mol. The number of aliphatic carboxylic acids is 1. The van der Waals surface area contributed by atoms with Crippen molar-refractivity contribution in [2.75, 3.05) is 19.6 Å². The molecule has 2 aliphatic heterocycles. The van der Waals surface area contributed by atoms with Crippen LogP contribution in [0.4, 0.5) is 0 Å². The number of hydrogen-bond donors (Lipinski definition) is 2. The van der Waals surface area contributed by atoms with Crippen molar-refractivity contribution in [2.24, 2.45) is 5.92 Å². The lowest BCUT2D eigenvalue weighted by Gasteiger charge is -2.31. The third kappa shape index (κ3) is 1.77. The zero-order chi connectivity index (χ0) is 10.2. The first kappa shape index (κ1) is 9.93. The van der Waals surface area contributed by atoms with Crippen molar-refractivity contribution >= 4 is 5.97 Å². The van der Waals surface area contributed by atoms with Gasteiger partial charge in [0.05, 0.1) is 12.0 Å². The lowest BCUT2D eigenvalue weighted by Crippen LogP contribution is -2.40. The minimum Gasteiger partial charge on any atom is -0.481 e. The van der Waals surface area contributed by atoms with Crippen LogP contribution in [0.15, 0.2) is 0 Å². The number of aliphatic hydroxyl groups is 1. The summed E-state index contributed by atoms with van der Waals surface area (Å²) in [6, 6.07) is 0. The summed E-state index contributed by atoms with van der Waals surface area (Å²) in [7, 11) is 0. The fraction of sp³-hybridized carbons (Fsp3) is 0.900. The molecule has 0 aromatic rings. The second-order valence-electron chi connectivity index (χ2n) is 4.56. The van der Waals surface area contributed by atoms with Crippen molar-refractivity contribution in [3.05, 3.63) is 0 Å². The molecule has 3 atom stereocenters. The van der Waals surface area contributed by atoms with Gasteiger partial charge in [0.1, 0.15) is 0 Å². The lowest BCUT2D eigenvalue weighted by atomic mass is 9.81. The minimum absolute atomic E-state index is 0.0918. The lowest BCUT2D eigenvalue weighted by molar-refractivity contribution is -0.145. The van der Waals surface area contributed by atoms with E-state index in [4.69, 9.17) is 5.11 Å². The number of hydrogen-bond acceptors (Lipinski definition) is 3. The molecule has 2 fully saturated rings. The van der Waals surface area contributed by atoms with Crippen LogP contribution in [0, 0.1) is 5.92 Å². The standard InChI is InChI=1S/C10H17NO3/c12-9(13)6-10(14)3-1-4-11-5-2-8(10)7-11/h8,14H,1-7H2,(H,12,13). The maximum absolute atomic E-state index is 10.7. The van der Waals surface area contributed by atoms with Gasteiger partial charge in [-0.1, -0.05) is 0 Å². The molecule has 2 aliphatic rings. The van der Waals surface area contributed by atoms with Crippen molar-refractivity contribution in [1.82, 2.24) is 4.90 Å². The van der Waals surface area contributed by atoms with Gasteiger partial charge in [-0.15, -0.1) is 0 Å². The molecule has 0 amide bonds. The molecule has 2 heterocycles. The smallest absolute Gasteiger partial charge is 0.306 e. The van der Waals surface area contributed by atoms with Gasteiger partial charge in [-0.05, 0) is 32.4 Å². The summed E-state index contributed by atoms with van der Waals surface area (Å²) in [5, 5.41) is 19.1. The van der Waals surface area contributed by atoms with Gasteiger partial charge in [-0.25, -0.2) is 0 Å². The number of nitrogens with zero attached hydrogens (tertiary/aromatic N) is 1. The van der Waals surface area contributed by atoms with Gasteiger partial charge < -0.3 is 15.1 Å². The average Bonchev–Trinajstić information content (AvgIpc) is 2.45. The summed E-state index contributed by atoms with van der Waals surface area (Å²) in [4.78, 5) is 13.0. The van der Waals surface area contributed by atoms with Gasteiger partial charge in [0.2, 0.25) is 0 Å². The van der Waals surface area contributed by atoms with Crippen molar-refractivity contribution < 1.29 is 15.0 Å². The number of fused-ring (bicyclic) bond motifs is 2. The highest BCUT2D eigenvalue weighted by atomic mass is 16.4. The Bertz CT molecular complexity index is 244. The molecule has 80 valence electrons. The van der Waals surface area contributed by atoms with Crippen molar-refractivity contribution in [3.63, 3.8) is 0 Å². The first-order valence-electron chi connectivity index (χ1n) is 5.27. The van der Waals surface area contributed by atoms with Gasteiger partial charge in [-0.3, -0.25) is 4.79 Å². The molecule has 4 nitrogen and oxygen atoms in total. The third-order valence-electron chi connectivity index (χ3n) is 3.57. The van der Waals surface area contributed by atoms with Crippen molar-refractivity contribution in [1.29, 1.82) is 0 Å². The monoisotopic (exact) mass is 199 g/mol. The molecule has 14 heavy (non-hydrogen) atoms. The SMILES string of the molecule is O=C(O)CC1(O)CCCN2CCC1C2. The van der Waals surface area contributed by atoms with Crippen LogP contribution in [0.25, 0.3) is 0 Å². The molecular weight excluding hydrogens is 182 g/mol. The minimum atomic E-state index is -0.947. The first-order chi connectivity index (χ1) is 6.60. The summed E-state index contributed by atoms with van der Waals surface area (Å²) in [6.45, 7) is 2.91. The van der Waals surface area contributed by atoms with Crippen LogP contribution >= 0.6 is 0 Å². The van der Waals surface area contributed by atoms with E-state index in [1.807, 2.05) is 0 Å². The molecule has 0 radical (unpaired) electrons. The Balaban J connectivity index is 2.11. The summed E-state index contributed by atoms with van der Waals surface area (Å²) >= 11 is 0. The maximum atomic E-state index is 10.7. The Labute approximate surface area is 83.5 Å². The quantitative estimate of drug-likeness (QED) is 0.672. The van der Waals surface area contributed by atoms with Crippen LogP contribution in [0.5, 0.6) is 0 Å². The maximum Gasteiger partial charge on any atom is 0.306 e. The molecule has 2 N–H and O–H groups in total. The molecule has 0 spiro atoms. The van der Waals surface area contributed by atoms with E-state index < -0.39 is 11.6 Å². The summed E-state index contributed by atoms with van der Waals surface area (Å²) < 4.78 is 0. The topological polar surface area (TPSA) is 60.8 Å². The highest BCUT2D eigenvalue weighted by Gasteiger charge is 2.43. The normalized spacial score (nSPS) is 42.1. The average molecular weight is 199 g/mol. The van der Waals surface area contributed by atoms with Crippen molar-refractivity contribution in [2.45, 2.75) is 31.3 Å². The van der Waals surface area contributed by atoms with Gasteiger partial charge in [-0.2, -0.15) is 0 Å². The van der Waals surface area contributed by atoms with Crippen molar-refractivity contribution in [3.8, 4) is 0 Å². The molecule has 3 unspecified atom stereocenters. The Morgan fingerprint density at radius 2 is 2.29 bits per heavy atom. The Hall–Kier alpha value is -0.610. The van der Waals surface area contributed by atoms with Crippen LogP contribution in [0.2, 0.25) is 0 Å². The largest absolute Gasteiger partial charge is 0.481 e. The number of carbonyl (C=O) groups is 1. The van der Waals surface area contributed by atoms with Gasteiger partial charge >= 0.3 is 5.97 Å². The second kappa shape index (κ2) is 3.51. The Morgan fingerprint density at radius 3 is 3.00 bits per heavy atom. The highest BCUT2D eigenvalue weighted by Crippen LogP contribution is 2.36. The number of rotatable bonds is 2. The van der Waals surface area contributed by atoms with Crippen LogP contribution in [0.1, 0.15) is 25.7 Å². The molecule has 4 heteroatoms. The van der Waals surface area contributed by atoms with E-state index in [1.54, 1.807) is 0 Å².